The van der Waals surface area contributed by atoms with Gasteiger partial charge < -0.3 is 9.57 Å². The maximum atomic E-state index is 12.8. The molecule has 1 saturated heterocycles. The molecule has 7 nitrogen and oxygen atoms in total. The summed E-state index contributed by atoms with van der Waals surface area (Å²) in [4.78, 5) is 42.0. The maximum absolute atomic E-state index is 12.8. The molecule has 0 N–H and O–H groups in total. The van der Waals surface area contributed by atoms with E-state index in [2.05, 4.69) is 9.89 Å². The molecule has 1 aromatic carbocycles. The predicted octanol–water partition coefficient (Wildman–Crippen LogP) is 1.66. The highest BCUT2D eigenvalue weighted by Crippen LogP contribution is 2.39. The van der Waals surface area contributed by atoms with Crippen molar-refractivity contribution in [1.29, 1.82) is 0 Å². The number of alkyl halides is 3. The molecule has 3 rings (SSSR count). The second-order valence-electron chi connectivity index (χ2n) is 5.55. The van der Waals surface area contributed by atoms with Crippen molar-refractivity contribution in [2.24, 2.45) is 5.16 Å². The molecular weight excluding hydrogens is 345 g/mol. The maximum Gasteiger partial charge on any atom is 0.416 e. The molecule has 2 heterocycles. The second kappa shape index (κ2) is 5.57. The smallest absolute Gasteiger partial charge is 0.416 e. The fraction of sp³-hybridized carbons (Fsp3) is 0.333. The van der Waals surface area contributed by atoms with Gasteiger partial charge in [0.25, 0.3) is 5.91 Å². The molecule has 0 aliphatic carbocycles. The van der Waals surface area contributed by atoms with E-state index in [4.69, 9.17) is 4.84 Å². The van der Waals surface area contributed by atoms with Gasteiger partial charge in [0.1, 0.15) is 0 Å². The van der Waals surface area contributed by atoms with Gasteiger partial charge in [0.05, 0.1) is 31.2 Å². The average Bonchev–Trinajstić information content (AvgIpc) is 3.08. The molecule has 1 fully saturated rings. The Hall–Kier alpha value is -2.91. The predicted molar refractivity (Wildman–Crippen MR) is 76.4 cm³/mol. The van der Waals surface area contributed by atoms with Crippen molar-refractivity contribution >= 4 is 29.2 Å². The number of ether oxygens (including phenoxy) is 1. The number of imide groups is 1. The third-order valence-corrected chi connectivity index (χ3v) is 3.92. The lowest BCUT2D eigenvalue weighted by Crippen LogP contribution is -2.41. The molecule has 2 amide bonds. The molecule has 25 heavy (non-hydrogen) atoms. The lowest BCUT2D eigenvalue weighted by molar-refractivity contribution is -0.138. The van der Waals surface area contributed by atoms with Crippen LogP contribution in [0.4, 0.5) is 18.9 Å². The lowest BCUT2D eigenvalue weighted by Gasteiger charge is -2.20. The van der Waals surface area contributed by atoms with Crippen molar-refractivity contribution in [3.63, 3.8) is 0 Å². The molecule has 1 spiro atoms. The van der Waals surface area contributed by atoms with Crippen LogP contribution >= 0.6 is 0 Å². The topological polar surface area (TPSA) is 85.3 Å². The minimum Gasteiger partial charge on any atom is -0.464 e. The van der Waals surface area contributed by atoms with E-state index >= 15 is 0 Å². The van der Waals surface area contributed by atoms with Crippen LogP contribution in [-0.4, -0.2) is 36.2 Å². The third kappa shape index (κ3) is 2.73. The van der Waals surface area contributed by atoms with Crippen LogP contribution in [0.25, 0.3) is 0 Å². The Bertz CT molecular complexity index is 805. The van der Waals surface area contributed by atoms with Crippen LogP contribution in [0.5, 0.6) is 0 Å². The Morgan fingerprint density at radius 3 is 2.68 bits per heavy atom. The number of esters is 1. The molecule has 10 heteroatoms. The summed E-state index contributed by atoms with van der Waals surface area (Å²) in [6, 6.07) is 3.83. The van der Waals surface area contributed by atoms with Crippen LogP contribution in [0, 0.1) is 0 Å². The molecule has 2 aliphatic rings. The summed E-state index contributed by atoms with van der Waals surface area (Å²) in [5, 5.41) is 3.47. The van der Waals surface area contributed by atoms with Gasteiger partial charge in [0, 0.05) is 0 Å². The number of oxime groups is 1. The number of benzene rings is 1. The van der Waals surface area contributed by atoms with Crippen LogP contribution in [-0.2, 0) is 30.1 Å². The van der Waals surface area contributed by atoms with E-state index in [9.17, 15) is 27.6 Å². The van der Waals surface area contributed by atoms with Crippen molar-refractivity contribution in [3.05, 3.63) is 29.8 Å². The molecule has 0 saturated carbocycles. The number of hydrogen-bond acceptors (Lipinski definition) is 6. The van der Waals surface area contributed by atoms with E-state index in [0.29, 0.717) is 11.0 Å². The summed E-state index contributed by atoms with van der Waals surface area (Å²) < 4.78 is 43.0. The summed E-state index contributed by atoms with van der Waals surface area (Å²) >= 11 is 0. The molecule has 1 atom stereocenters. The molecule has 0 radical (unpaired) electrons. The van der Waals surface area contributed by atoms with Crippen LogP contribution in [0.2, 0.25) is 0 Å². The van der Waals surface area contributed by atoms with E-state index in [1.807, 2.05) is 0 Å². The number of carbonyl (C=O) groups excluding carboxylic acids is 3. The number of carbonyl (C=O) groups is 3. The van der Waals surface area contributed by atoms with Gasteiger partial charge >= 0.3 is 12.1 Å². The second-order valence-corrected chi connectivity index (χ2v) is 5.55. The van der Waals surface area contributed by atoms with Gasteiger partial charge in [-0.2, -0.15) is 13.2 Å². The highest BCUT2D eigenvalue weighted by Gasteiger charge is 2.59. The molecule has 2 aliphatic heterocycles. The number of halogens is 3. The van der Waals surface area contributed by atoms with Crippen molar-refractivity contribution < 1.29 is 37.1 Å². The molecule has 0 aromatic heterocycles. The zero-order valence-electron chi connectivity index (χ0n) is 12.8. The monoisotopic (exact) mass is 356 g/mol. The molecule has 132 valence electrons. The van der Waals surface area contributed by atoms with Crippen molar-refractivity contribution in [2.45, 2.75) is 24.6 Å². The van der Waals surface area contributed by atoms with Gasteiger partial charge in [-0.05, 0) is 18.2 Å². The van der Waals surface area contributed by atoms with Crippen molar-refractivity contribution in [2.75, 3.05) is 12.0 Å². The highest BCUT2D eigenvalue weighted by atomic mass is 19.4. The van der Waals surface area contributed by atoms with Crippen LogP contribution < -0.4 is 4.90 Å². The average molecular weight is 356 g/mol. The largest absolute Gasteiger partial charge is 0.464 e. The van der Waals surface area contributed by atoms with Crippen LogP contribution in [0.3, 0.4) is 0 Å². The van der Waals surface area contributed by atoms with Gasteiger partial charge in [-0.3, -0.25) is 9.59 Å². The zero-order chi connectivity index (χ0) is 18.4. The van der Waals surface area contributed by atoms with Crippen LogP contribution in [0.15, 0.2) is 29.4 Å². The number of rotatable bonds is 2. The number of amides is 2. The highest BCUT2D eigenvalue weighted by molar-refractivity contribution is 6.38. The Balaban J connectivity index is 1.90. The number of methoxy groups -OCH3 is 1. The first kappa shape index (κ1) is 16.9. The molecular formula is C15H11F3N2O5. The summed E-state index contributed by atoms with van der Waals surface area (Å²) in [5.41, 5.74) is -3.12. The summed E-state index contributed by atoms with van der Waals surface area (Å²) in [5.74, 6) is -2.43. The van der Waals surface area contributed by atoms with Gasteiger partial charge in [-0.1, -0.05) is 11.2 Å². The standard InChI is InChI=1S/C15H11F3N2O5/c1-24-12(22)10-6-14(25-19-10)7-11(21)20(13(14)23)9-4-2-3-8(5-9)15(16,17)18/h2-5H,6-7H2,1H3. The number of nitrogens with zero attached hydrogens (tertiary/aromatic N) is 2. The summed E-state index contributed by atoms with van der Waals surface area (Å²) in [7, 11) is 1.12. The molecule has 1 aromatic rings. The minimum absolute atomic E-state index is 0.172. The normalized spacial score (nSPS) is 23.0. The Morgan fingerprint density at radius 1 is 1.32 bits per heavy atom. The van der Waals surface area contributed by atoms with Gasteiger partial charge in [0.15, 0.2) is 5.71 Å². The first-order valence-electron chi connectivity index (χ1n) is 7.06. The molecule has 0 bridgehead atoms. The molecule has 1 unspecified atom stereocenters. The zero-order valence-corrected chi connectivity index (χ0v) is 12.8. The van der Waals surface area contributed by atoms with E-state index < -0.39 is 41.5 Å². The summed E-state index contributed by atoms with van der Waals surface area (Å²) in [6.07, 6.45) is -5.35. The van der Waals surface area contributed by atoms with E-state index in [1.165, 1.54) is 6.07 Å². The fourth-order valence-corrected chi connectivity index (χ4v) is 2.71. The van der Waals surface area contributed by atoms with Gasteiger partial charge in [0.2, 0.25) is 11.5 Å². The quantitative estimate of drug-likeness (QED) is 0.594. The fourth-order valence-electron chi connectivity index (χ4n) is 2.71. The Morgan fingerprint density at radius 2 is 2.04 bits per heavy atom. The Kier molecular flexibility index (Phi) is 3.77. The van der Waals surface area contributed by atoms with E-state index in [0.717, 1.165) is 19.2 Å². The van der Waals surface area contributed by atoms with Crippen LogP contribution in [0.1, 0.15) is 18.4 Å². The number of anilines is 1. The summed E-state index contributed by atoms with van der Waals surface area (Å²) in [6.45, 7) is 0. The van der Waals surface area contributed by atoms with Gasteiger partial charge in [-0.15, -0.1) is 0 Å². The van der Waals surface area contributed by atoms with Gasteiger partial charge in [-0.25, -0.2) is 9.69 Å². The Labute approximate surface area is 139 Å². The van der Waals surface area contributed by atoms with Crippen molar-refractivity contribution in [3.8, 4) is 0 Å². The number of hydrogen-bond donors (Lipinski definition) is 0. The van der Waals surface area contributed by atoms with E-state index in [1.54, 1.807) is 0 Å². The van der Waals surface area contributed by atoms with Crippen molar-refractivity contribution in [1.82, 2.24) is 0 Å². The SMILES string of the molecule is COC(=O)C1=NOC2(CC(=O)N(c3cccc(C(F)(F)F)c3)C2=O)C1. The first-order valence-corrected chi connectivity index (χ1v) is 7.06. The first-order chi connectivity index (χ1) is 11.7. The van der Waals surface area contributed by atoms with E-state index in [-0.39, 0.29) is 17.8 Å². The third-order valence-electron chi connectivity index (χ3n) is 3.92. The minimum atomic E-state index is -4.62. The lowest BCUT2D eigenvalue weighted by atomic mass is 9.95.